The SMILES string of the molecule is C=CCn1c(=O)c2cnc(Nc3ccc4c(c3)CC(CO)N(C)C4)nc2n1-c1cccc(C(C)(C)C)n1. The zero-order valence-electron chi connectivity index (χ0n) is 21.8. The van der Waals surface area contributed by atoms with Gasteiger partial charge in [0, 0.05) is 35.6 Å². The van der Waals surface area contributed by atoms with Crippen molar-refractivity contribution >= 4 is 22.7 Å². The van der Waals surface area contributed by atoms with E-state index in [1.807, 2.05) is 31.3 Å². The largest absolute Gasteiger partial charge is 0.395 e. The highest BCUT2D eigenvalue weighted by atomic mass is 16.3. The van der Waals surface area contributed by atoms with Crippen molar-refractivity contribution in [2.24, 2.45) is 0 Å². The van der Waals surface area contributed by atoms with Gasteiger partial charge in [-0.3, -0.25) is 9.69 Å². The molecule has 4 heterocycles. The van der Waals surface area contributed by atoms with E-state index in [-0.39, 0.29) is 23.6 Å². The van der Waals surface area contributed by atoms with Crippen molar-refractivity contribution in [1.82, 2.24) is 29.2 Å². The molecule has 1 atom stereocenters. The van der Waals surface area contributed by atoms with Gasteiger partial charge in [-0.2, -0.15) is 4.98 Å². The van der Waals surface area contributed by atoms with Crippen LogP contribution in [0.25, 0.3) is 16.9 Å². The van der Waals surface area contributed by atoms with Gasteiger partial charge in [0.25, 0.3) is 5.56 Å². The van der Waals surface area contributed by atoms with Gasteiger partial charge in [-0.1, -0.05) is 39.0 Å². The lowest BCUT2D eigenvalue weighted by molar-refractivity contribution is 0.131. The number of pyridine rings is 1. The Bertz CT molecular complexity index is 1530. The van der Waals surface area contributed by atoms with Gasteiger partial charge in [0.2, 0.25) is 5.95 Å². The van der Waals surface area contributed by atoms with Gasteiger partial charge in [0.05, 0.1) is 13.2 Å². The van der Waals surface area contributed by atoms with Crippen LogP contribution in [0.2, 0.25) is 0 Å². The minimum absolute atomic E-state index is 0.103. The number of rotatable bonds is 6. The second kappa shape index (κ2) is 9.57. The van der Waals surface area contributed by atoms with Crippen LogP contribution in [-0.2, 0) is 24.9 Å². The van der Waals surface area contributed by atoms with E-state index in [1.54, 1.807) is 21.6 Å². The number of aliphatic hydroxyl groups is 1. The van der Waals surface area contributed by atoms with Gasteiger partial charge in [-0.15, -0.1) is 6.58 Å². The van der Waals surface area contributed by atoms with Crippen LogP contribution in [0, 0.1) is 0 Å². The van der Waals surface area contributed by atoms with Gasteiger partial charge in [0.1, 0.15) is 5.39 Å². The molecule has 1 aliphatic rings. The third-order valence-electron chi connectivity index (χ3n) is 6.87. The fraction of sp³-hybridized carbons (Fsp3) is 0.357. The molecule has 4 aromatic rings. The fourth-order valence-electron chi connectivity index (χ4n) is 4.76. The van der Waals surface area contributed by atoms with Gasteiger partial charge in [0.15, 0.2) is 11.5 Å². The third kappa shape index (κ3) is 4.68. The third-order valence-corrected chi connectivity index (χ3v) is 6.87. The second-order valence-electron chi connectivity index (χ2n) is 10.6. The Morgan fingerprint density at radius 3 is 2.73 bits per heavy atom. The Hall–Kier alpha value is -3.82. The molecule has 3 aromatic heterocycles. The number of fused-ring (bicyclic) bond motifs is 2. The number of aliphatic hydroxyl groups excluding tert-OH is 1. The average molecular weight is 500 g/mol. The molecular weight excluding hydrogens is 466 g/mol. The molecule has 37 heavy (non-hydrogen) atoms. The smallest absolute Gasteiger partial charge is 0.278 e. The van der Waals surface area contributed by atoms with E-state index in [9.17, 15) is 9.90 Å². The van der Waals surface area contributed by atoms with Crippen molar-refractivity contribution in [3.63, 3.8) is 0 Å². The molecule has 192 valence electrons. The van der Waals surface area contributed by atoms with Crippen molar-refractivity contribution in [2.45, 2.75) is 51.7 Å². The van der Waals surface area contributed by atoms with Gasteiger partial charge < -0.3 is 10.4 Å². The lowest BCUT2D eigenvalue weighted by Crippen LogP contribution is -2.39. The monoisotopic (exact) mass is 499 g/mol. The average Bonchev–Trinajstić information content (AvgIpc) is 3.14. The number of nitrogens with one attached hydrogen (secondary N) is 1. The van der Waals surface area contributed by atoms with E-state index >= 15 is 0 Å². The molecule has 9 heteroatoms. The van der Waals surface area contributed by atoms with Crippen LogP contribution in [0.3, 0.4) is 0 Å². The van der Waals surface area contributed by atoms with E-state index in [0.717, 1.165) is 24.3 Å². The number of likely N-dealkylation sites (N-methyl/N-ethyl adjacent to an activating group) is 1. The standard InChI is InChI=1S/C28H33N7O2/c1-6-12-34-26(37)22-15-29-27(30-20-11-10-18-16-33(5)21(17-36)14-19(18)13-20)32-25(22)35(34)24-9-7-8-23(31-24)28(2,3)4/h6-11,13,15,21,36H,1,12,14,16-17H2,2-5H3,(H,29,30,32). The van der Waals surface area contributed by atoms with Crippen molar-refractivity contribution in [3.8, 4) is 5.82 Å². The number of anilines is 2. The van der Waals surface area contributed by atoms with Crippen LogP contribution in [0.5, 0.6) is 0 Å². The van der Waals surface area contributed by atoms with Crippen LogP contribution in [0.15, 0.2) is 60.0 Å². The summed E-state index contributed by atoms with van der Waals surface area (Å²) in [5.74, 6) is 0.995. The molecule has 0 bridgehead atoms. The first-order valence-electron chi connectivity index (χ1n) is 12.5. The minimum atomic E-state index is -0.197. The molecule has 9 nitrogen and oxygen atoms in total. The van der Waals surface area contributed by atoms with Crippen molar-refractivity contribution in [1.29, 1.82) is 0 Å². The van der Waals surface area contributed by atoms with Crippen LogP contribution < -0.4 is 10.9 Å². The maximum absolute atomic E-state index is 13.3. The molecular formula is C28H33N7O2. The second-order valence-corrected chi connectivity index (χ2v) is 10.6. The highest BCUT2D eigenvalue weighted by molar-refractivity contribution is 5.77. The lowest BCUT2D eigenvalue weighted by atomic mass is 9.92. The maximum Gasteiger partial charge on any atom is 0.278 e. The van der Waals surface area contributed by atoms with Crippen LogP contribution in [0.4, 0.5) is 11.6 Å². The van der Waals surface area contributed by atoms with Crippen molar-refractivity contribution in [2.75, 3.05) is 19.0 Å². The highest BCUT2D eigenvalue weighted by Crippen LogP contribution is 2.27. The van der Waals surface area contributed by atoms with Crippen molar-refractivity contribution < 1.29 is 5.11 Å². The zero-order valence-corrected chi connectivity index (χ0v) is 21.8. The van der Waals surface area contributed by atoms with E-state index in [0.29, 0.717) is 29.3 Å². The number of nitrogens with zero attached hydrogens (tertiary/aromatic N) is 6. The predicted molar refractivity (Wildman–Crippen MR) is 146 cm³/mol. The molecule has 5 rings (SSSR count). The van der Waals surface area contributed by atoms with Crippen LogP contribution in [0.1, 0.15) is 37.6 Å². The molecule has 0 saturated carbocycles. The van der Waals surface area contributed by atoms with E-state index in [1.165, 1.54) is 11.1 Å². The molecule has 0 radical (unpaired) electrons. The minimum Gasteiger partial charge on any atom is -0.395 e. The molecule has 1 unspecified atom stereocenters. The highest BCUT2D eigenvalue weighted by Gasteiger charge is 2.23. The molecule has 1 aliphatic heterocycles. The molecule has 0 spiro atoms. The van der Waals surface area contributed by atoms with Gasteiger partial charge in [-0.25, -0.2) is 19.3 Å². The summed E-state index contributed by atoms with van der Waals surface area (Å²) in [7, 11) is 2.03. The van der Waals surface area contributed by atoms with E-state index in [4.69, 9.17) is 9.97 Å². The first-order valence-corrected chi connectivity index (χ1v) is 12.5. The first-order chi connectivity index (χ1) is 17.7. The first kappa shape index (κ1) is 24.9. The fourth-order valence-corrected chi connectivity index (χ4v) is 4.76. The molecule has 1 aromatic carbocycles. The van der Waals surface area contributed by atoms with Gasteiger partial charge >= 0.3 is 0 Å². The predicted octanol–water partition coefficient (Wildman–Crippen LogP) is 3.55. The Balaban J connectivity index is 1.57. The molecule has 0 fully saturated rings. The van der Waals surface area contributed by atoms with Crippen LogP contribution in [-0.4, -0.2) is 54.0 Å². The summed E-state index contributed by atoms with van der Waals surface area (Å²) >= 11 is 0. The zero-order chi connectivity index (χ0) is 26.3. The molecule has 0 aliphatic carbocycles. The molecule has 0 amide bonds. The summed E-state index contributed by atoms with van der Waals surface area (Å²) in [4.78, 5) is 29.5. The Labute approximate surface area is 216 Å². The Morgan fingerprint density at radius 1 is 1.19 bits per heavy atom. The normalized spacial score (nSPS) is 16.1. The summed E-state index contributed by atoms with van der Waals surface area (Å²) in [5, 5.41) is 13.4. The number of hydrogen-bond donors (Lipinski definition) is 2. The van der Waals surface area contributed by atoms with Crippen molar-refractivity contribution in [3.05, 3.63) is 82.4 Å². The van der Waals surface area contributed by atoms with E-state index in [2.05, 4.69) is 54.7 Å². The van der Waals surface area contributed by atoms with Gasteiger partial charge in [-0.05, 0) is 48.9 Å². The quantitative estimate of drug-likeness (QED) is 0.391. The topological polar surface area (TPSA) is 101 Å². The Kier molecular flexibility index (Phi) is 6.43. The molecule has 2 N–H and O–H groups in total. The summed E-state index contributed by atoms with van der Waals surface area (Å²) < 4.78 is 3.32. The number of allylic oxidation sites excluding steroid dienone is 1. The summed E-state index contributed by atoms with van der Waals surface area (Å²) in [6.45, 7) is 11.4. The number of benzene rings is 1. The summed E-state index contributed by atoms with van der Waals surface area (Å²) in [6.07, 6.45) is 4.02. The summed E-state index contributed by atoms with van der Waals surface area (Å²) in [5.41, 5.74) is 4.33. The number of aromatic nitrogens is 5. The Morgan fingerprint density at radius 2 is 2.00 bits per heavy atom. The maximum atomic E-state index is 13.3. The lowest BCUT2D eigenvalue weighted by Gasteiger charge is -2.33. The van der Waals surface area contributed by atoms with Crippen LogP contribution >= 0.6 is 0 Å². The van der Waals surface area contributed by atoms with E-state index < -0.39 is 0 Å². The summed E-state index contributed by atoms with van der Waals surface area (Å²) in [6, 6.07) is 12.1. The molecule has 0 saturated heterocycles. The number of hydrogen-bond acceptors (Lipinski definition) is 7.